The number of carbonyl (C=O) groups excluding carboxylic acids is 3. The van der Waals surface area contributed by atoms with Gasteiger partial charge in [0, 0.05) is 12.8 Å². The molecular weight excluding hydrogens is 278 g/mol. The molecule has 1 saturated heterocycles. The summed E-state index contributed by atoms with van der Waals surface area (Å²) in [6.45, 7) is 5.91. The molecule has 116 valence electrons. The first-order chi connectivity index (χ1) is 10.3. The average molecular weight is 299 g/mol. The standard InChI is InChI=1S/C18H21NO3/c1-10-8-11(2)14(12(3)9-10)15-16(21)18(19-17(15)22)6-4-13(20)5-7-18/h8-9,15H,4-7H2,1-3H3,(H,19,22). The Morgan fingerprint density at radius 1 is 1.00 bits per heavy atom. The molecule has 2 aliphatic rings. The van der Waals surface area contributed by atoms with Gasteiger partial charge in [-0.25, -0.2) is 0 Å². The Balaban J connectivity index is 2.01. The number of hydrogen-bond donors (Lipinski definition) is 1. The molecule has 1 heterocycles. The summed E-state index contributed by atoms with van der Waals surface area (Å²) >= 11 is 0. The fourth-order valence-corrected chi connectivity index (χ4v) is 4.00. The highest BCUT2D eigenvalue weighted by Gasteiger charge is 2.54. The molecule has 1 saturated carbocycles. The van der Waals surface area contributed by atoms with Crippen molar-refractivity contribution in [3.8, 4) is 0 Å². The van der Waals surface area contributed by atoms with E-state index in [2.05, 4.69) is 5.32 Å². The van der Waals surface area contributed by atoms with E-state index in [1.807, 2.05) is 32.9 Å². The van der Waals surface area contributed by atoms with E-state index in [0.717, 1.165) is 22.3 Å². The predicted octanol–water partition coefficient (Wildman–Crippen LogP) is 2.28. The molecule has 1 N–H and O–H groups in total. The fourth-order valence-electron chi connectivity index (χ4n) is 4.00. The number of rotatable bonds is 1. The van der Waals surface area contributed by atoms with E-state index in [1.165, 1.54) is 0 Å². The Morgan fingerprint density at radius 3 is 2.09 bits per heavy atom. The van der Waals surface area contributed by atoms with Crippen molar-refractivity contribution in [1.82, 2.24) is 5.32 Å². The van der Waals surface area contributed by atoms with E-state index < -0.39 is 11.5 Å². The molecule has 1 unspecified atom stereocenters. The molecular formula is C18H21NO3. The second-order valence-electron chi connectivity index (χ2n) is 6.72. The van der Waals surface area contributed by atoms with E-state index >= 15 is 0 Å². The van der Waals surface area contributed by atoms with E-state index in [-0.39, 0.29) is 17.5 Å². The van der Waals surface area contributed by atoms with Gasteiger partial charge in [0.15, 0.2) is 5.78 Å². The SMILES string of the molecule is Cc1cc(C)c(C2C(=O)NC3(CCC(=O)CC3)C2=O)c(C)c1. The number of ketones is 2. The van der Waals surface area contributed by atoms with Gasteiger partial charge in [-0.15, -0.1) is 0 Å². The van der Waals surface area contributed by atoms with Crippen LogP contribution in [0.3, 0.4) is 0 Å². The zero-order valence-corrected chi connectivity index (χ0v) is 13.3. The van der Waals surface area contributed by atoms with Crippen LogP contribution < -0.4 is 5.32 Å². The van der Waals surface area contributed by atoms with Gasteiger partial charge in [-0.05, 0) is 50.3 Å². The van der Waals surface area contributed by atoms with Crippen LogP contribution in [-0.4, -0.2) is 23.0 Å². The van der Waals surface area contributed by atoms with Crippen LogP contribution >= 0.6 is 0 Å². The van der Waals surface area contributed by atoms with Crippen molar-refractivity contribution in [3.05, 3.63) is 34.4 Å². The minimum atomic E-state index is -0.820. The first kappa shape index (κ1) is 14.9. The first-order valence-corrected chi connectivity index (χ1v) is 7.80. The predicted molar refractivity (Wildman–Crippen MR) is 82.7 cm³/mol. The number of Topliss-reactive ketones (excluding diaryl/α,β-unsaturated/α-hetero) is 2. The van der Waals surface area contributed by atoms with Gasteiger partial charge in [-0.3, -0.25) is 14.4 Å². The van der Waals surface area contributed by atoms with Crippen LogP contribution in [0.4, 0.5) is 0 Å². The zero-order valence-electron chi connectivity index (χ0n) is 13.3. The maximum absolute atomic E-state index is 13.0. The zero-order chi connectivity index (χ0) is 16.1. The van der Waals surface area contributed by atoms with Crippen molar-refractivity contribution in [2.45, 2.75) is 57.9 Å². The molecule has 1 aliphatic carbocycles. The highest BCUT2D eigenvalue weighted by atomic mass is 16.2. The number of hydrogen-bond acceptors (Lipinski definition) is 3. The summed E-state index contributed by atoms with van der Waals surface area (Å²) in [6, 6.07) is 4.02. The van der Waals surface area contributed by atoms with E-state index in [9.17, 15) is 14.4 Å². The summed E-state index contributed by atoms with van der Waals surface area (Å²) in [4.78, 5) is 37.0. The summed E-state index contributed by atoms with van der Waals surface area (Å²) < 4.78 is 0. The minimum absolute atomic E-state index is 0.0555. The first-order valence-electron chi connectivity index (χ1n) is 7.80. The molecule has 22 heavy (non-hydrogen) atoms. The lowest BCUT2D eigenvalue weighted by Gasteiger charge is -2.31. The Bertz CT molecular complexity index is 657. The van der Waals surface area contributed by atoms with Crippen molar-refractivity contribution in [2.75, 3.05) is 0 Å². The van der Waals surface area contributed by atoms with Crippen LogP contribution in [0.15, 0.2) is 12.1 Å². The van der Waals surface area contributed by atoms with Crippen molar-refractivity contribution in [1.29, 1.82) is 0 Å². The largest absolute Gasteiger partial charge is 0.343 e. The Hall–Kier alpha value is -1.97. The minimum Gasteiger partial charge on any atom is -0.343 e. The molecule has 3 rings (SSSR count). The molecule has 1 amide bonds. The second kappa shape index (κ2) is 5.04. The Morgan fingerprint density at radius 2 is 1.55 bits per heavy atom. The number of carbonyl (C=O) groups is 3. The van der Waals surface area contributed by atoms with Gasteiger partial charge in [-0.2, -0.15) is 0 Å². The van der Waals surface area contributed by atoms with Crippen LogP contribution in [0.1, 0.15) is 53.9 Å². The van der Waals surface area contributed by atoms with Crippen molar-refractivity contribution >= 4 is 17.5 Å². The smallest absolute Gasteiger partial charge is 0.235 e. The summed E-state index contributed by atoms with van der Waals surface area (Å²) in [5.74, 6) is -0.818. The van der Waals surface area contributed by atoms with Gasteiger partial charge in [0.05, 0.1) is 0 Å². The summed E-state index contributed by atoms with van der Waals surface area (Å²) in [6.07, 6.45) is 1.64. The lowest BCUT2D eigenvalue weighted by atomic mass is 9.75. The van der Waals surface area contributed by atoms with Crippen LogP contribution in [-0.2, 0) is 14.4 Å². The molecule has 1 aromatic carbocycles. The molecule has 0 aromatic heterocycles. The average Bonchev–Trinajstić information content (AvgIpc) is 2.66. The van der Waals surface area contributed by atoms with Crippen molar-refractivity contribution in [3.63, 3.8) is 0 Å². The summed E-state index contributed by atoms with van der Waals surface area (Å²) in [7, 11) is 0. The van der Waals surface area contributed by atoms with Crippen LogP contribution in [0.5, 0.6) is 0 Å². The van der Waals surface area contributed by atoms with Crippen LogP contribution in [0.25, 0.3) is 0 Å². The molecule has 1 atom stereocenters. The highest BCUT2D eigenvalue weighted by molar-refractivity contribution is 6.18. The molecule has 1 aliphatic heterocycles. The molecule has 4 nitrogen and oxygen atoms in total. The van der Waals surface area contributed by atoms with Gasteiger partial charge >= 0.3 is 0 Å². The second-order valence-corrected chi connectivity index (χ2v) is 6.72. The third-order valence-electron chi connectivity index (χ3n) is 5.05. The van der Waals surface area contributed by atoms with Gasteiger partial charge in [0.1, 0.15) is 17.2 Å². The van der Waals surface area contributed by atoms with Gasteiger partial charge in [0.25, 0.3) is 0 Å². The normalized spacial score (nSPS) is 24.0. The third kappa shape index (κ3) is 2.18. The molecule has 0 bridgehead atoms. The Labute approximate surface area is 130 Å². The van der Waals surface area contributed by atoms with E-state index in [4.69, 9.17) is 0 Å². The lowest BCUT2D eigenvalue weighted by Crippen LogP contribution is -2.49. The Kier molecular flexibility index (Phi) is 3.42. The molecule has 0 radical (unpaired) electrons. The van der Waals surface area contributed by atoms with Gasteiger partial charge in [-0.1, -0.05) is 17.7 Å². The summed E-state index contributed by atoms with van der Waals surface area (Å²) in [5, 5.41) is 2.92. The number of nitrogens with one attached hydrogen (secondary N) is 1. The van der Waals surface area contributed by atoms with E-state index in [1.54, 1.807) is 0 Å². The van der Waals surface area contributed by atoms with Gasteiger partial charge < -0.3 is 5.32 Å². The molecule has 4 heteroatoms. The van der Waals surface area contributed by atoms with E-state index in [0.29, 0.717) is 25.7 Å². The third-order valence-corrected chi connectivity index (χ3v) is 5.05. The van der Waals surface area contributed by atoms with Crippen molar-refractivity contribution < 1.29 is 14.4 Å². The quantitative estimate of drug-likeness (QED) is 0.809. The maximum Gasteiger partial charge on any atom is 0.235 e. The molecule has 2 fully saturated rings. The van der Waals surface area contributed by atoms with Crippen molar-refractivity contribution in [2.24, 2.45) is 0 Å². The number of benzene rings is 1. The monoisotopic (exact) mass is 299 g/mol. The van der Waals surface area contributed by atoms with Crippen LogP contribution in [0, 0.1) is 20.8 Å². The number of amides is 1. The fraction of sp³-hybridized carbons (Fsp3) is 0.500. The summed E-state index contributed by atoms with van der Waals surface area (Å²) in [5.41, 5.74) is 3.11. The molecule has 1 aromatic rings. The number of aryl methyl sites for hydroxylation is 3. The van der Waals surface area contributed by atoms with Crippen LogP contribution in [0.2, 0.25) is 0 Å². The van der Waals surface area contributed by atoms with Gasteiger partial charge in [0.2, 0.25) is 5.91 Å². The topological polar surface area (TPSA) is 63.2 Å². The highest BCUT2D eigenvalue weighted by Crippen LogP contribution is 2.40. The maximum atomic E-state index is 13.0. The molecule has 1 spiro atoms. The lowest BCUT2D eigenvalue weighted by molar-refractivity contribution is -0.127.